The van der Waals surface area contributed by atoms with Crippen LogP contribution in [0.5, 0.6) is 0 Å². The van der Waals surface area contributed by atoms with Crippen LogP contribution in [0, 0.1) is 5.92 Å². The SMILES string of the molecule is O=C(/C=C(\[O-])C(F)(F)F)C1CC2c3ccccc3C1c1ccccc12. The molecule has 0 aliphatic heterocycles. The number of fused-ring (bicyclic) bond motifs is 1. The van der Waals surface area contributed by atoms with Crippen LogP contribution in [-0.4, -0.2) is 12.0 Å². The van der Waals surface area contributed by atoms with E-state index in [1.54, 1.807) is 0 Å². The van der Waals surface area contributed by atoms with E-state index >= 15 is 0 Å². The Bertz CT molecular complexity index is 835. The number of carbonyl (C=O) groups excluding carboxylic acids is 1. The number of carbonyl (C=O) groups is 1. The average molecular weight is 343 g/mol. The lowest BCUT2D eigenvalue weighted by Crippen LogP contribution is -2.36. The summed E-state index contributed by atoms with van der Waals surface area (Å²) in [5.74, 6) is -3.79. The van der Waals surface area contributed by atoms with Crippen LogP contribution in [0.25, 0.3) is 0 Å². The number of allylic oxidation sites excluding steroid dienone is 2. The molecule has 2 aromatic rings. The summed E-state index contributed by atoms with van der Waals surface area (Å²) in [5, 5.41) is 11.2. The van der Waals surface area contributed by atoms with Crippen LogP contribution in [-0.2, 0) is 4.79 Å². The van der Waals surface area contributed by atoms with Crippen molar-refractivity contribution >= 4 is 5.78 Å². The maximum absolute atomic E-state index is 12.5. The number of benzene rings is 2. The van der Waals surface area contributed by atoms with E-state index in [0.29, 0.717) is 6.42 Å². The minimum Gasteiger partial charge on any atom is -0.869 e. The van der Waals surface area contributed by atoms with Crippen molar-refractivity contribution in [3.63, 3.8) is 0 Å². The van der Waals surface area contributed by atoms with Gasteiger partial charge >= 0.3 is 6.18 Å². The van der Waals surface area contributed by atoms with E-state index in [2.05, 4.69) is 0 Å². The first-order valence-electron chi connectivity index (χ1n) is 8.05. The maximum atomic E-state index is 12.5. The summed E-state index contributed by atoms with van der Waals surface area (Å²) in [7, 11) is 0. The smallest absolute Gasteiger partial charge is 0.402 e. The van der Waals surface area contributed by atoms with Gasteiger partial charge in [-0.15, -0.1) is 0 Å². The first kappa shape index (κ1) is 15.9. The zero-order valence-electron chi connectivity index (χ0n) is 13.1. The average Bonchev–Trinajstić information content (AvgIpc) is 2.61. The van der Waals surface area contributed by atoms with Crippen LogP contribution in [0.2, 0.25) is 0 Å². The second-order valence-corrected chi connectivity index (χ2v) is 6.54. The van der Waals surface area contributed by atoms with Gasteiger partial charge in [-0.3, -0.25) is 4.79 Å². The fourth-order valence-electron chi connectivity index (χ4n) is 4.23. The predicted octanol–water partition coefficient (Wildman–Crippen LogP) is 3.66. The number of alkyl halides is 3. The quantitative estimate of drug-likeness (QED) is 0.617. The largest absolute Gasteiger partial charge is 0.869 e. The zero-order chi connectivity index (χ0) is 17.8. The van der Waals surface area contributed by atoms with E-state index < -0.39 is 23.6 Å². The molecule has 128 valence electrons. The Morgan fingerprint density at radius 3 is 1.92 bits per heavy atom. The highest BCUT2D eigenvalue weighted by molar-refractivity contribution is 5.94. The van der Waals surface area contributed by atoms with Crippen molar-refractivity contribution in [1.82, 2.24) is 0 Å². The molecule has 2 nitrogen and oxygen atoms in total. The summed E-state index contributed by atoms with van der Waals surface area (Å²) in [4.78, 5) is 12.5. The van der Waals surface area contributed by atoms with Gasteiger partial charge < -0.3 is 5.11 Å². The van der Waals surface area contributed by atoms with Crippen molar-refractivity contribution in [2.45, 2.75) is 24.4 Å². The van der Waals surface area contributed by atoms with Gasteiger partial charge in [0.15, 0.2) is 5.78 Å². The monoisotopic (exact) mass is 343 g/mol. The van der Waals surface area contributed by atoms with Gasteiger partial charge in [-0.05, 0) is 40.5 Å². The minimum atomic E-state index is -5.01. The number of ketones is 1. The van der Waals surface area contributed by atoms with Crippen molar-refractivity contribution in [2.75, 3.05) is 0 Å². The van der Waals surface area contributed by atoms with Crippen molar-refractivity contribution in [2.24, 2.45) is 5.92 Å². The number of rotatable bonds is 2. The Labute approximate surface area is 142 Å². The van der Waals surface area contributed by atoms with Crippen molar-refractivity contribution < 1.29 is 23.1 Å². The summed E-state index contributed by atoms with van der Waals surface area (Å²) < 4.78 is 37.5. The third-order valence-corrected chi connectivity index (χ3v) is 5.22. The lowest BCUT2D eigenvalue weighted by atomic mass is 9.58. The molecule has 0 spiro atoms. The van der Waals surface area contributed by atoms with Crippen LogP contribution in [0.4, 0.5) is 13.2 Å². The van der Waals surface area contributed by atoms with Gasteiger partial charge in [0.05, 0.1) is 0 Å². The number of hydrogen-bond donors (Lipinski definition) is 0. The minimum absolute atomic E-state index is 0.0271. The van der Waals surface area contributed by atoms with Crippen LogP contribution >= 0.6 is 0 Å². The summed E-state index contributed by atoms with van der Waals surface area (Å²) in [6.07, 6.45) is -4.35. The van der Waals surface area contributed by atoms with E-state index in [1.165, 1.54) is 0 Å². The van der Waals surface area contributed by atoms with Crippen molar-refractivity contribution in [1.29, 1.82) is 0 Å². The molecule has 0 radical (unpaired) electrons. The molecule has 1 unspecified atom stereocenters. The molecular formula is C20H14F3O2-. The molecule has 2 aromatic carbocycles. The molecule has 0 aromatic heterocycles. The highest BCUT2D eigenvalue weighted by atomic mass is 19.4. The molecule has 0 saturated heterocycles. The molecule has 3 aliphatic carbocycles. The van der Waals surface area contributed by atoms with Crippen molar-refractivity contribution in [3.8, 4) is 0 Å². The molecule has 1 atom stereocenters. The van der Waals surface area contributed by atoms with Gasteiger partial charge in [-0.1, -0.05) is 48.5 Å². The normalized spacial score (nSPS) is 24.6. The van der Waals surface area contributed by atoms with Crippen LogP contribution in [0.15, 0.2) is 60.4 Å². The predicted molar refractivity (Wildman–Crippen MR) is 83.8 cm³/mol. The van der Waals surface area contributed by atoms with Gasteiger partial charge in [0.1, 0.15) is 0 Å². The highest BCUT2D eigenvalue weighted by Crippen LogP contribution is 2.55. The van der Waals surface area contributed by atoms with E-state index in [4.69, 9.17) is 0 Å². The lowest BCUT2D eigenvalue weighted by molar-refractivity contribution is -0.360. The van der Waals surface area contributed by atoms with E-state index in [9.17, 15) is 23.1 Å². The second-order valence-electron chi connectivity index (χ2n) is 6.54. The van der Waals surface area contributed by atoms with Gasteiger partial charge in [-0.25, -0.2) is 0 Å². The van der Waals surface area contributed by atoms with Gasteiger partial charge in [0, 0.05) is 17.8 Å². The molecule has 0 N–H and O–H groups in total. The van der Waals surface area contributed by atoms with Gasteiger partial charge in [-0.2, -0.15) is 13.2 Å². The summed E-state index contributed by atoms with van der Waals surface area (Å²) in [6.45, 7) is 0. The third kappa shape index (κ3) is 2.46. The van der Waals surface area contributed by atoms with Gasteiger partial charge in [0.25, 0.3) is 0 Å². The fraction of sp³-hybridized carbons (Fsp3) is 0.250. The summed E-state index contributed by atoms with van der Waals surface area (Å²) in [5.41, 5.74) is 4.20. The molecule has 0 fully saturated rings. The number of halogens is 3. The summed E-state index contributed by atoms with van der Waals surface area (Å²) in [6, 6.07) is 15.5. The molecule has 2 bridgehead atoms. The maximum Gasteiger partial charge on any atom is 0.402 e. The Balaban J connectivity index is 1.80. The first-order chi connectivity index (χ1) is 11.9. The molecule has 25 heavy (non-hydrogen) atoms. The molecule has 0 heterocycles. The summed E-state index contributed by atoms with van der Waals surface area (Å²) >= 11 is 0. The Kier molecular flexibility index (Phi) is 3.49. The van der Waals surface area contributed by atoms with E-state index in [0.717, 1.165) is 22.3 Å². The molecular weight excluding hydrogens is 329 g/mol. The lowest BCUT2D eigenvalue weighted by Gasteiger charge is -2.44. The van der Waals surface area contributed by atoms with Gasteiger partial charge in [0.2, 0.25) is 0 Å². The standard InChI is InChI=1S/C20H15F3O2/c21-20(22,23)18(25)10-17(24)16-9-15-11-5-1-3-7-13(11)19(16)14-8-4-2-6-12(14)15/h1-8,10,15-16,19,25H,9H2/p-1/b18-10-. The van der Waals surface area contributed by atoms with Crippen LogP contribution in [0.3, 0.4) is 0 Å². The molecule has 5 rings (SSSR count). The molecule has 0 amide bonds. The molecule has 3 aliphatic rings. The highest BCUT2D eigenvalue weighted by Gasteiger charge is 2.45. The Morgan fingerprint density at radius 1 is 0.960 bits per heavy atom. The van der Waals surface area contributed by atoms with E-state index in [-0.39, 0.29) is 17.9 Å². The fourth-order valence-corrected chi connectivity index (χ4v) is 4.23. The van der Waals surface area contributed by atoms with Crippen LogP contribution < -0.4 is 5.11 Å². The zero-order valence-corrected chi connectivity index (χ0v) is 13.1. The second kappa shape index (κ2) is 5.48. The Morgan fingerprint density at radius 2 is 1.44 bits per heavy atom. The number of hydrogen-bond acceptors (Lipinski definition) is 2. The molecule has 0 saturated carbocycles. The third-order valence-electron chi connectivity index (χ3n) is 5.22. The first-order valence-corrected chi connectivity index (χ1v) is 8.05. The topological polar surface area (TPSA) is 40.1 Å². The Hall–Kier alpha value is -2.56. The molecule has 5 heteroatoms. The van der Waals surface area contributed by atoms with Crippen LogP contribution in [0.1, 0.15) is 40.5 Å². The van der Waals surface area contributed by atoms with Crippen molar-refractivity contribution in [3.05, 3.63) is 82.6 Å². The van der Waals surface area contributed by atoms with E-state index in [1.807, 2.05) is 48.5 Å².